The van der Waals surface area contributed by atoms with Gasteiger partial charge in [0.1, 0.15) is 0 Å². The number of aliphatic hydroxyl groups excluding tert-OH is 1. The fraction of sp³-hybridized carbons (Fsp3) is 0.692. The number of aromatic nitrogens is 2. The second kappa shape index (κ2) is 4.85. The normalized spacial score (nSPS) is 29.4. The third-order valence-electron chi connectivity index (χ3n) is 4.19. The number of fused-ring (bicyclic) bond motifs is 1. The molecule has 0 spiro atoms. The van der Waals surface area contributed by atoms with Crippen molar-refractivity contribution in [2.24, 2.45) is 11.8 Å². The predicted molar refractivity (Wildman–Crippen MR) is 69.6 cm³/mol. The van der Waals surface area contributed by atoms with Crippen molar-refractivity contribution in [2.75, 3.05) is 32.2 Å². The lowest BCUT2D eigenvalue weighted by Gasteiger charge is -2.19. The third-order valence-corrected chi connectivity index (χ3v) is 4.19. The molecule has 0 aromatic carbocycles. The Labute approximate surface area is 112 Å². The maximum Gasteiger partial charge on any atom is 0.231 e. The molecule has 0 amide bonds. The molecular formula is C13H19N3O3. The molecule has 1 saturated heterocycles. The van der Waals surface area contributed by atoms with Gasteiger partial charge in [0.15, 0.2) is 0 Å². The van der Waals surface area contributed by atoms with Gasteiger partial charge in [-0.25, -0.2) is 0 Å². The molecule has 3 atom stereocenters. The van der Waals surface area contributed by atoms with Gasteiger partial charge >= 0.3 is 0 Å². The van der Waals surface area contributed by atoms with E-state index in [2.05, 4.69) is 14.9 Å². The topological polar surface area (TPSA) is 67.7 Å². The van der Waals surface area contributed by atoms with Crippen molar-refractivity contribution in [1.29, 1.82) is 0 Å². The van der Waals surface area contributed by atoms with E-state index < -0.39 is 0 Å². The zero-order valence-electron chi connectivity index (χ0n) is 11.2. The van der Waals surface area contributed by atoms with E-state index in [0.29, 0.717) is 29.5 Å². The molecule has 2 aliphatic rings. The maximum atomic E-state index is 9.95. The average Bonchev–Trinajstić information content (AvgIpc) is 3.01. The van der Waals surface area contributed by atoms with Gasteiger partial charge in [0.2, 0.25) is 17.7 Å². The Balaban J connectivity index is 1.83. The molecule has 6 nitrogen and oxygen atoms in total. The van der Waals surface area contributed by atoms with Crippen molar-refractivity contribution in [2.45, 2.75) is 18.9 Å². The van der Waals surface area contributed by atoms with E-state index in [0.717, 1.165) is 25.9 Å². The summed E-state index contributed by atoms with van der Waals surface area (Å²) in [4.78, 5) is 10.8. The van der Waals surface area contributed by atoms with Crippen LogP contribution in [0.2, 0.25) is 0 Å². The van der Waals surface area contributed by atoms with Gasteiger partial charge in [-0.1, -0.05) is 0 Å². The highest BCUT2D eigenvalue weighted by atomic mass is 16.5. The Morgan fingerprint density at radius 2 is 1.84 bits per heavy atom. The molecule has 0 bridgehead atoms. The van der Waals surface area contributed by atoms with E-state index in [9.17, 15) is 5.11 Å². The standard InChI is InChI=1S/C13H19N3O3/c1-18-11-5-12(19-2)15-13(14-11)16-6-8-3-4-10(17)9(8)7-16/h5,8-10,17H,3-4,6-7H2,1-2H3. The highest BCUT2D eigenvalue weighted by Gasteiger charge is 2.42. The highest BCUT2D eigenvalue weighted by Crippen LogP contribution is 2.39. The Morgan fingerprint density at radius 1 is 1.16 bits per heavy atom. The molecular weight excluding hydrogens is 246 g/mol. The second-order valence-corrected chi connectivity index (χ2v) is 5.23. The van der Waals surface area contributed by atoms with E-state index in [-0.39, 0.29) is 6.10 Å². The molecule has 104 valence electrons. The van der Waals surface area contributed by atoms with Gasteiger partial charge in [0.05, 0.1) is 26.4 Å². The molecule has 1 saturated carbocycles. The van der Waals surface area contributed by atoms with Gasteiger partial charge in [0.25, 0.3) is 0 Å². The van der Waals surface area contributed by atoms with E-state index in [1.54, 1.807) is 20.3 Å². The Morgan fingerprint density at radius 3 is 2.42 bits per heavy atom. The van der Waals surface area contributed by atoms with Gasteiger partial charge in [-0.2, -0.15) is 9.97 Å². The minimum absolute atomic E-state index is 0.178. The lowest BCUT2D eigenvalue weighted by Crippen LogP contribution is -2.26. The number of nitrogens with zero attached hydrogens (tertiary/aromatic N) is 3. The molecule has 6 heteroatoms. The molecule has 1 aliphatic heterocycles. The van der Waals surface area contributed by atoms with Crippen LogP contribution in [0.25, 0.3) is 0 Å². The summed E-state index contributed by atoms with van der Waals surface area (Å²) >= 11 is 0. The molecule has 0 radical (unpaired) electrons. The van der Waals surface area contributed by atoms with Crippen molar-refractivity contribution >= 4 is 5.95 Å². The molecule has 1 aliphatic carbocycles. The van der Waals surface area contributed by atoms with Crippen LogP contribution in [0.5, 0.6) is 11.8 Å². The average molecular weight is 265 g/mol. The fourth-order valence-electron chi connectivity index (χ4n) is 3.14. The van der Waals surface area contributed by atoms with Gasteiger partial charge in [-0.3, -0.25) is 0 Å². The summed E-state index contributed by atoms with van der Waals surface area (Å²) in [6.45, 7) is 1.71. The van der Waals surface area contributed by atoms with Crippen LogP contribution in [0.4, 0.5) is 5.95 Å². The lowest BCUT2D eigenvalue weighted by atomic mass is 10.00. The largest absolute Gasteiger partial charge is 0.481 e. The van der Waals surface area contributed by atoms with Crippen LogP contribution in [-0.2, 0) is 0 Å². The lowest BCUT2D eigenvalue weighted by molar-refractivity contribution is 0.133. The first kappa shape index (κ1) is 12.5. The molecule has 2 fully saturated rings. The van der Waals surface area contributed by atoms with Crippen LogP contribution >= 0.6 is 0 Å². The summed E-state index contributed by atoms with van der Waals surface area (Å²) in [5.41, 5.74) is 0. The van der Waals surface area contributed by atoms with Crippen LogP contribution in [-0.4, -0.2) is 48.5 Å². The number of aliphatic hydroxyl groups is 1. The van der Waals surface area contributed by atoms with Gasteiger partial charge < -0.3 is 19.5 Å². The second-order valence-electron chi connectivity index (χ2n) is 5.23. The first-order valence-corrected chi connectivity index (χ1v) is 6.61. The Bertz CT molecular complexity index is 446. The molecule has 2 heterocycles. The highest BCUT2D eigenvalue weighted by molar-refractivity contribution is 5.38. The van der Waals surface area contributed by atoms with Crippen molar-refractivity contribution in [3.05, 3.63) is 6.07 Å². The van der Waals surface area contributed by atoms with Crippen LogP contribution in [0.3, 0.4) is 0 Å². The minimum atomic E-state index is -0.178. The molecule has 3 unspecified atom stereocenters. The van der Waals surface area contributed by atoms with Crippen LogP contribution < -0.4 is 14.4 Å². The minimum Gasteiger partial charge on any atom is -0.481 e. The summed E-state index contributed by atoms with van der Waals surface area (Å²) in [6, 6.07) is 1.66. The summed E-state index contributed by atoms with van der Waals surface area (Å²) in [6.07, 6.45) is 1.83. The Hall–Kier alpha value is -1.56. The number of hydrogen-bond donors (Lipinski definition) is 1. The summed E-state index contributed by atoms with van der Waals surface area (Å²) in [7, 11) is 3.15. The molecule has 1 aromatic heterocycles. The zero-order chi connectivity index (χ0) is 13.4. The fourth-order valence-corrected chi connectivity index (χ4v) is 3.14. The Kier molecular flexibility index (Phi) is 3.18. The van der Waals surface area contributed by atoms with E-state index in [1.165, 1.54) is 0 Å². The molecule has 3 rings (SSSR count). The van der Waals surface area contributed by atoms with E-state index in [4.69, 9.17) is 9.47 Å². The van der Waals surface area contributed by atoms with Gasteiger partial charge in [0, 0.05) is 19.0 Å². The van der Waals surface area contributed by atoms with Gasteiger partial charge in [-0.15, -0.1) is 0 Å². The summed E-state index contributed by atoms with van der Waals surface area (Å²) in [5.74, 6) is 2.52. The number of rotatable bonds is 3. The SMILES string of the molecule is COc1cc(OC)nc(N2CC3CCC(O)C3C2)n1. The summed E-state index contributed by atoms with van der Waals surface area (Å²) < 4.78 is 10.3. The molecule has 1 aromatic rings. The van der Waals surface area contributed by atoms with Crippen LogP contribution in [0, 0.1) is 11.8 Å². The van der Waals surface area contributed by atoms with Crippen LogP contribution in [0.15, 0.2) is 6.07 Å². The maximum absolute atomic E-state index is 9.95. The number of methoxy groups -OCH3 is 2. The molecule has 19 heavy (non-hydrogen) atoms. The third kappa shape index (κ3) is 2.20. The van der Waals surface area contributed by atoms with Crippen LogP contribution in [0.1, 0.15) is 12.8 Å². The smallest absolute Gasteiger partial charge is 0.231 e. The van der Waals surface area contributed by atoms with Gasteiger partial charge in [-0.05, 0) is 18.8 Å². The number of hydrogen-bond acceptors (Lipinski definition) is 6. The predicted octanol–water partition coefficient (Wildman–Crippen LogP) is 0.701. The first-order valence-electron chi connectivity index (χ1n) is 6.61. The monoisotopic (exact) mass is 265 g/mol. The molecule has 1 N–H and O–H groups in total. The van der Waals surface area contributed by atoms with Crippen molar-refractivity contribution in [3.63, 3.8) is 0 Å². The van der Waals surface area contributed by atoms with Crippen molar-refractivity contribution in [3.8, 4) is 11.8 Å². The quantitative estimate of drug-likeness (QED) is 0.867. The first-order chi connectivity index (χ1) is 9.21. The number of ether oxygens (including phenoxy) is 2. The van der Waals surface area contributed by atoms with E-state index in [1.807, 2.05) is 0 Å². The number of anilines is 1. The van der Waals surface area contributed by atoms with E-state index >= 15 is 0 Å². The summed E-state index contributed by atoms with van der Waals surface area (Å²) in [5, 5.41) is 9.95. The zero-order valence-corrected chi connectivity index (χ0v) is 11.2. The van der Waals surface area contributed by atoms with Crippen molar-refractivity contribution in [1.82, 2.24) is 9.97 Å². The van der Waals surface area contributed by atoms with Crippen molar-refractivity contribution < 1.29 is 14.6 Å².